The number of non-ortho nitro benzene ring substituents is 1. The van der Waals surface area contributed by atoms with Gasteiger partial charge in [0.25, 0.3) is 5.69 Å². The molecular weight excluding hydrogens is 320 g/mol. The minimum atomic E-state index is -0.568. The number of nitrogens with two attached hydrogens (primary N) is 1. The maximum Gasteiger partial charge on any atom is 0.271 e. The van der Waals surface area contributed by atoms with Gasteiger partial charge in [-0.2, -0.15) is 4.98 Å². The van der Waals surface area contributed by atoms with Gasteiger partial charge >= 0.3 is 0 Å². The first-order valence-corrected chi connectivity index (χ1v) is 6.86. The summed E-state index contributed by atoms with van der Waals surface area (Å²) in [5.41, 5.74) is 5.50. The topological polar surface area (TPSA) is 140 Å². The monoisotopic (exact) mass is 328 g/mol. The highest BCUT2D eigenvalue weighted by Gasteiger charge is 2.12. The number of nitrogen functional groups attached to an aromatic ring is 1. The summed E-state index contributed by atoms with van der Waals surface area (Å²) in [6, 6.07) is 3.79. The molecule has 110 valence electrons. The van der Waals surface area contributed by atoms with Crippen LogP contribution in [0.5, 0.6) is 0 Å². The van der Waals surface area contributed by atoms with E-state index in [1.165, 1.54) is 18.2 Å². The minimum Gasteiger partial charge on any atom is -0.368 e. The van der Waals surface area contributed by atoms with Gasteiger partial charge < -0.3 is 11.1 Å². The fourth-order valence-electron chi connectivity index (χ4n) is 1.36. The van der Waals surface area contributed by atoms with Gasteiger partial charge in [0, 0.05) is 12.1 Å². The second kappa shape index (κ2) is 6.41. The first kappa shape index (κ1) is 15.1. The molecule has 11 heteroatoms. The zero-order chi connectivity index (χ0) is 15.4. The first-order valence-electron chi connectivity index (χ1n) is 5.50. The van der Waals surface area contributed by atoms with E-state index in [2.05, 4.69) is 20.5 Å². The molecule has 0 aliphatic rings. The van der Waals surface area contributed by atoms with Crippen LogP contribution in [0.2, 0.25) is 5.02 Å². The molecule has 0 fully saturated rings. The lowest BCUT2D eigenvalue weighted by Gasteiger charge is -2.06. The van der Waals surface area contributed by atoms with E-state index in [1.54, 1.807) is 0 Å². The van der Waals surface area contributed by atoms with Crippen molar-refractivity contribution in [3.8, 4) is 0 Å². The van der Waals surface area contributed by atoms with E-state index in [-0.39, 0.29) is 28.3 Å². The molecule has 1 aromatic carbocycles. The minimum absolute atomic E-state index is 0.0462. The molecule has 0 atom stereocenters. The maximum atomic E-state index is 11.7. The number of thioether (sulfide) groups is 1. The van der Waals surface area contributed by atoms with Gasteiger partial charge in [0.15, 0.2) is 0 Å². The van der Waals surface area contributed by atoms with Crippen LogP contribution in [0.25, 0.3) is 0 Å². The van der Waals surface area contributed by atoms with Gasteiger partial charge in [0.05, 0.1) is 21.4 Å². The number of halogens is 1. The van der Waals surface area contributed by atoms with Crippen LogP contribution in [0.15, 0.2) is 23.4 Å². The van der Waals surface area contributed by atoms with E-state index in [0.29, 0.717) is 10.8 Å². The lowest BCUT2D eigenvalue weighted by atomic mass is 10.3. The number of rotatable bonds is 5. The van der Waals surface area contributed by atoms with Gasteiger partial charge in [-0.05, 0) is 6.07 Å². The second-order valence-electron chi connectivity index (χ2n) is 3.76. The number of aromatic nitrogens is 3. The number of aromatic amines is 1. The Morgan fingerprint density at radius 3 is 2.90 bits per heavy atom. The fourth-order valence-corrected chi connectivity index (χ4v) is 2.19. The van der Waals surface area contributed by atoms with Crippen LogP contribution in [-0.4, -0.2) is 31.8 Å². The molecule has 0 bridgehead atoms. The van der Waals surface area contributed by atoms with Crippen LogP contribution in [0.1, 0.15) is 0 Å². The number of carbonyl (C=O) groups excluding carboxylic acids is 1. The maximum absolute atomic E-state index is 11.7. The molecule has 0 spiro atoms. The predicted octanol–water partition coefficient (Wildman–Crippen LogP) is 1.68. The molecule has 0 aliphatic heterocycles. The molecular formula is C10H9ClN6O3S. The van der Waals surface area contributed by atoms with Crippen LogP contribution >= 0.6 is 23.4 Å². The van der Waals surface area contributed by atoms with Crippen molar-refractivity contribution in [1.82, 2.24) is 15.2 Å². The molecule has 2 rings (SSSR count). The highest BCUT2D eigenvalue weighted by Crippen LogP contribution is 2.26. The predicted molar refractivity (Wildman–Crippen MR) is 78.3 cm³/mol. The summed E-state index contributed by atoms with van der Waals surface area (Å²) in [5.74, 6) is -0.139. The number of nitrogens with one attached hydrogen (secondary N) is 2. The molecule has 0 saturated carbocycles. The van der Waals surface area contributed by atoms with Gasteiger partial charge in [-0.1, -0.05) is 23.4 Å². The lowest BCUT2D eigenvalue weighted by molar-refractivity contribution is -0.384. The molecule has 0 unspecified atom stereocenters. The third-order valence-corrected chi connectivity index (χ3v) is 3.41. The van der Waals surface area contributed by atoms with Crippen molar-refractivity contribution in [3.05, 3.63) is 33.3 Å². The summed E-state index contributed by atoms with van der Waals surface area (Å²) in [6.45, 7) is 0. The number of H-pyrrole nitrogens is 1. The second-order valence-corrected chi connectivity index (χ2v) is 5.11. The zero-order valence-corrected chi connectivity index (χ0v) is 11.9. The third-order valence-electron chi connectivity index (χ3n) is 2.25. The average Bonchev–Trinajstić information content (AvgIpc) is 2.84. The van der Waals surface area contributed by atoms with Crippen molar-refractivity contribution in [2.45, 2.75) is 5.16 Å². The van der Waals surface area contributed by atoms with Crippen molar-refractivity contribution in [2.75, 3.05) is 16.8 Å². The Balaban J connectivity index is 1.94. The van der Waals surface area contributed by atoms with Gasteiger partial charge in [0.1, 0.15) is 0 Å². The quantitative estimate of drug-likeness (QED) is 0.431. The molecule has 2 aromatic rings. The van der Waals surface area contributed by atoms with Crippen LogP contribution < -0.4 is 11.1 Å². The summed E-state index contributed by atoms with van der Waals surface area (Å²) in [6.07, 6.45) is 0. The van der Waals surface area contributed by atoms with E-state index >= 15 is 0 Å². The van der Waals surface area contributed by atoms with Crippen molar-refractivity contribution < 1.29 is 9.72 Å². The van der Waals surface area contributed by atoms with Gasteiger partial charge in [-0.15, -0.1) is 5.10 Å². The van der Waals surface area contributed by atoms with Crippen LogP contribution in [0.3, 0.4) is 0 Å². The molecule has 1 heterocycles. The molecule has 1 amide bonds. The number of benzene rings is 1. The van der Waals surface area contributed by atoms with Crippen LogP contribution in [0, 0.1) is 10.1 Å². The van der Waals surface area contributed by atoms with Crippen molar-refractivity contribution in [1.29, 1.82) is 0 Å². The first-order chi connectivity index (χ1) is 9.95. The number of hydrogen-bond donors (Lipinski definition) is 3. The lowest BCUT2D eigenvalue weighted by Crippen LogP contribution is -2.14. The van der Waals surface area contributed by atoms with Gasteiger partial charge in [-0.25, -0.2) is 5.10 Å². The summed E-state index contributed by atoms with van der Waals surface area (Å²) >= 11 is 6.95. The molecule has 0 saturated heterocycles. The fraction of sp³-hybridized carbons (Fsp3) is 0.100. The number of amides is 1. The molecule has 0 radical (unpaired) electrons. The summed E-state index contributed by atoms with van der Waals surface area (Å²) in [4.78, 5) is 25.6. The van der Waals surface area contributed by atoms with Crippen molar-refractivity contribution in [3.63, 3.8) is 0 Å². The number of nitrogens with zero attached hydrogens (tertiary/aromatic N) is 3. The normalized spacial score (nSPS) is 10.3. The molecule has 0 aliphatic carbocycles. The molecule has 1 aromatic heterocycles. The number of carbonyl (C=O) groups is 1. The third kappa shape index (κ3) is 4.07. The van der Waals surface area contributed by atoms with Gasteiger partial charge in [-0.3, -0.25) is 14.9 Å². The highest BCUT2D eigenvalue weighted by atomic mass is 35.5. The Bertz CT molecular complexity index is 691. The summed E-state index contributed by atoms with van der Waals surface area (Å²) in [7, 11) is 0. The standard InChI is InChI=1S/C10H9ClN6O3S/c11-6-3-5(17(19)20)1-2-7(6)13-8(18)4-21-10-14-9(12)15-16-10/h1-3H,4H2,(H,13,18)(H3,12,14,15,16). The van der Waals surface area contributed by atoms with Crippen molar-refractivity contribution in [2.24, 2.45) is 0 Å². The van der Waals surface area contributed by atoms with Gasteiger partial charge in [0.2, 0.25) is 17.0 Å². The molecule has 4 N–H and O–H groups in total. The number of nitro benzene ring substituents is 1. The SMILES string of the molecule is Nc1nc(SCC(=O)Nc2ccc([N+](=O)[O-])cc2Cl)n[nH]1. The summed E-state index contributed by atoms with van der Waals surface area (Å²) < 4.78 is 0. The molecule has 21 heavy (non-hydrogen) atoms. The van der Waals surface area contributed by atoms with E-state index in [0.717, 1.165) is 11.8 Å². The van der Waals surface area contributed by atoms with E-state index < -0.39 is 4.92 Å². The smallest absolute Gasteiger partial charge is 0.271 e. The van der Waals surface area contributed by atoms with Crippen LogP contribution in [-0.2, 0) is 4.79 Å². The average molecular weight is 329 g/mol. The Kier molecular flexibility index (Phi) is 4.60. The number of nitro groups is 1. The number of hydrogen-bond acceptors (Lipinski definition) is 7. The highest BCUT2D eigenvalue weighted by molar-refractivity contribution is 7.99. The zero-order valence-electron chi connectivity index (χ0n) is 10.4. The summed E-state index contributed by atoms with van der Waals surface area (Å²) in [5, 5.41) is 19.8. The Hall–Kier alpha value is -2.33. The largest absolute Gasteiger partial charge is 0.368 e. The van der Waals surface area contributed by atoms with E-state index in [9.17, 15) is 14.9 Å². The van der Waals surface area contributed by atoms with E-state index in [4.69, 9.17) is 17.3 Å². The van der Waals surface area contributed by atoms with E-state index in [1.807, 2.05) is 0 Å². The van der Waals surface area contributed by atoms with Crippen molar-refractivity contribution >= 4 is 46.6 Å². The Morgan fingerprint density at radius 1 is 1.57 bits per heavy atom. The Labute approximate surface area is 127 Å². The molecule has 9 nitrogen and oxygen atoms in total. The van der Waals surface area contributed by atoms with Crippen LogP contribution in [0.4, 0.5) is 17.3 Å². The Morgan fingerprint density at radius 2 is 2.33 bits per heavy atom. The number of anilines is 2.